The number of ether oxygens (including phenoxy) is 2. The highest BCUT2D eigenvalue weighted by molar-refractivity contribution is 14.0. The fraction of sp³-hybridized carbons (Fsp3) is 0.842. The number of halogens is 1. The Morgan fingerprint density at radius 1 is 1.29 bits per heavy atom. The van der Waals surface area contributed by atoms with E-state index < -0.39 is 0 Å². The van der Waals surface area contributed by atoms with Crippen molar-refractivity contribution in [3.05, 3.63) is 11.6 Å². The zero-order valence-corrected chi connectivity index (χ0v) is 20.2. The maximum atomic E-state index is 5.74. The van der Waals surface area contributed by atoms with Gasteiger partial charge >= 0.3 is 0 Å². The van der Waals surface area contributed by atoms with E-state index in [1.807, 2.05) is 4.68 Å². The van der Waals surface area contributed by atoms with E-state index >= 15 is 0 Å². The number of rotatable bonds is 6. The summed E-state index contributed by atoms with van der Waals surface area (Å²) in [5.74, 6) is 2.67. The van der Waals surface area contributed by atoms with Gasteiger partial charge in [-0.2, -0.15) is 5.10 Å². The number of guanidine groups is 1. The van der Waals surface area contributed by atoms with Crippen molar-refractivity contribution in [1.29, 1.82) is 0 Å². The van der Waals surface area contributed by atoms with Gasteiger partial charge in [-0.1, -0.05) is 13.8 Å². The van der Waals surface area contributed by atoms with E-state index in [1.165, 1.54) is 0 Å². The minimum absolute atomic E-state index is 0. The largest absolute Gasteiger partial charge is 0.378 e. The second kappa shape index (κ2) is 9.25. The molecule has 1 aromatic rings. The average Bonchev–Trinajstić information content (AvgIpc) is 3.03. The van der Waals surface area contributed by atoms with Gasteiger partial charge in [0, 0.05) is 44.7 Å². The van der Waals surface area contributed by atoms with Crippen LogP contribution in [-0.2, 0) is 29.0 Å². The number of aryl methyl sites for hydroxylation is 1. The molecular weight excluding hydrogens is 471 g/mol. The molecule has 3 atom stereocenters. The highest BCUT2D eigenvalue weighted by atomic mass is 127. The normalized spacial score (nSPS) is 28.7. The summed E-state index contributed by atoms with van der Waals surface area (Å²) in [5, 5.41) is 11.8. The number of nitrogens with zero attached hydrogens (tertiary/aromatic N) is 4. The molecular formula is C19H35IN6O2. The summed E-state index contributed by atoms with van der Waals surface area (Å²) in [4.78, 5) is 9.20. The lowest BCUT2D eigenvalue weighted by Crippen LogP contribution is -2.70. The van der Waals surface area contributed by atoms with E-state index in [0.717, 1.165) is 50.0 Å². The molecule has 1 saturated carbocycles. The zero-order chi connectivity index (χ0) is 19.7. The van der Waals surface area contributed by atoms with Crippen molar-refractivity contribution in [3.63, 3.8) is 0 Å². The van der Waals surface area contributed by atoms with Crippen LogP contribution in [0.3, 0.4) is 0 Å². The molecule has 1 aliphatic carbocycles. The van der Waals surface area contributed by atoms with Gasteiger partial charge in [-0.3, -0.25) is 4.99 Å². The Kier molecular flexibility index (Phi) is 7.71. The fourth-order valence-electron chi connectivity index (χ4n) is 4.04. The van der Waals surface area contributed by atoms with Crippen LogP contribution in [0.4, 0.5) is 0 Å². The van der Waals surface area contributed by atoms with Crippen molar-refractivity contribution in [2.24, 2.45) is 10.4 Å². The number of methoxy groups -OCH3 is 2. The molecule has 1 aromatic heterocycles. The molecule has 2 aliphatic rings. The summed E-state index contributed by atoms with van der Waals surface area (Å²) in [6.45, 7) is 10.7. The minimum atomic E-state index is -0.0970. The number of fused-ring (bicyclic) bond motifs is 1. The summed E-state index contributed by atoms with van der Waals surface area (Å²) in [7, 11) is 3.47. The Bertz CT molecular complexity index is 692. The van der Waals surface area contributed by atoms with Crippen LogP contribution in [0.25, 0.3) is 0 Å². The summed E-state index contributed by atoms with van der Waals surface area (Å²) >= 11 is 0. The quantitative estimate of drug-likeness (QED) is 0.350. The van der Waals surface area contributed by atoms with Crippen LogP contribution in [0.1, 0.15) is 52.2 Å². The van der Waals surface area contributed by atoms with Gasteiger partial charge in [0.2, 0.25) is 0 Å². The van der Waals surface area contributed by atoms with Crippen LogP contribution in [0.2, 0.25) is 0 Å². The molecule has 160 valence electrons. The predicted octanol–water partition coefficient (Wildman–Crippen LogP) is 2.12. The molecule has 28 heavy (non-hydrogen) atoms. The number of nitrogens with one attached hydrogen (secondary N) is 2. The molecule has 0 amide bonds. The van der Waals surface area contributed by atoms with Crippen molar-refractivity contribution in [1.82, 2.24) is 25.4 Å². The lowest BCUT2D eigenvalue weighted by atomic mass is 9.56. The second-order valence-electron chi connectivity index (χ2n) is 8.32. The van der Waals surface area contributed by atoms with Gasteiger partial charge in [0.15, 0.2) is 11.8 Å². The third kappa shape index (κ3) is 4.46. The molecule has 3 unspecified atom stereocenters. The summed E-state index contributed by atoms with van der Waals surface area (Å²) in [6.07, 6.45) is 2.89. The Morgan fingerprint density at radius 3 is 2.64 bits per heavy atom. The SMILES string of the molecule is CCN=C(NC1CCc2nc(COC)nn2C1)NC1CC(C)(OC)C1(C)C.I. The molecule has 0 aromatic carbocycles. The lowest BCUT2D eigenvalue weighted by Gasteiger charge is -2.59. The molecule has 8 nitrogen and oxygen atoms in total. The van der Waals surface area contributed by atoms with Gasteiger partial charge in [0.05, 0.1) is 12.1 Å². The van der Waals surface area contributed by atoms with Crippen LogP contribution >= 0.6 is 24.0 Å². The topological polar surface area (TPSA) is 85.6 Å². The van der Waals surface area contributed by atoms with Crippen molar-refractivity contribution in [3.8, 4) is 0 Å². The molecule has 3 rings (SSSR count). The Morgan fingerprint density at radius 2 is 2.04 bits per heavy atom. The highest BCUT2D eigenvalue weighted by Crippen LogP contribution is 2.51. The van der Waals surface area contributed by atoms with Crippen molar-refractivity contribution >= 4 is 29.9 Å². The van der Waals surface area contributed by atoms with Crippen molar-refractivity contribution < 1.29 is 9.47 Å². The van der Waals surface area contributed by atoms with E-state index in [2.05, 4.69) is 53.4 Å². The van der Waals surface area contributed by atoms with Crippen molar-refractivity contribution in [2.75, 3.05) is 20.8 Å². The van der Waals surface area contributed by atoms with Crippen LogP contribution in [-0.4, -0.2) is 59.2 Å². The van der Waals surface area contributed by atoms with Crippen LogP contribution < -0.4 is 10.6 Å². The lowest BCUT2D eigenvalue weighted by molar-refractivity contribution is -0.176. The van der Waals surface area contributed by atoms with Gasteiger partial charge in [-0.25, -0.2) is 9.67 Å². The fourth-order valence-corrected chi connectivity index (χ4v) is 4.04. The minimum Gasteiger partial charge on any atom is -0.378 e. The average molecular weight is 506 g/mol. The summed E-state index contributed by atoms with van der Waals surface area (Å²) in [6, 6.07) is 0.614. The molecule has 2 N–H and O–H groups in total. The Balaban J connectivity index is 0.00000280. The smallest absolute Gasteiger partial charge is 0.191 e. The van der Waals surface area contributed by atoms with Crippen LogP contribution in [0, 0.1) is 5.41 Å². The highest BCUT2D eigenvalue weighted by Gasteiger charge is 2.58. The number of hydrogen-bond acceptors (Lipinski definition) is 5. The van der Waals surface area contributed by atoms with Gasteiger partial charge in [-0.15, -0.1) is 24.0 Å². The molecule has 9 heteroatoms. The van der Waals surface area contributed by atoms with Crippen molar-refractivity contribution in [2.45, 2.75) is 77.8 Å². The van der Waals surface area contributed by atoms with Gasteiger partial charge in [-0.05, 0) is 26.7 Å². The third-order valence-electron chi connectivity index (χ3n) is 6.42. The first-order chi connectivity index (χ1) is 12.8. The van der Waals surface area contributed by atoms with E-state index in [-0.39, 0.29) is 41.0 Å². The van der Waals surface area contributed by atoms with E-state index in [0.29, 0.717) is 12.6 Å². The van der Waals surface area contributed by atoms with Gasteiger partial charge < -0.3 is 20.1 Å². The number of hydrogen-bond donors (Lipinski definition) is 2. The maximum Gasteiger partial charge on any atom is 0.191 e. The second-order valence-corrected chi connectivity index (χ2v) is 8.32. The molecule has 1 aliphatic heterocycles. The van der Waals surface area contributed by atoms with Crippen LogP contribution in [0.15, 0.2) is 4.99 Å². The number of aromatic nitrogens is 3. The zero-order valence-electron chi connectivity index (χ0n) is 17.9. The summed E-state index contributed by atoms with van der Waals surface area (Å²) < 4.78 is 12.9. The molecule has 0 spiro atoms. The first-order valence-corrected chi connectivity index (χ1v) is 9.87. The van der Waals surface area contributed by atoms with E-state index in [4.69, 9.17) is 9.47 Å². The molecule has 0 bridgehead atoms. The molecule has 1 fully saturated rings. The van der Waals surface area contributed by atoms with Crippen LogP contribution in [0.5, 0.6) is 0 Å². The van der Waals surface area contributed by atoms with E-state index in [1.54, 1.807) is 14.2 Å². The van der Waals surface area contributed by atoms with Gasteiger partial charge in [0.25, 0.3) is 0 Å². The monoisotopic (exact) mass is 506 g/mol. The Labute approximate surface area is 185 Å². The Hall–Kier alpha value is -0.940. The molecule has 0 saturated heterocycles. The predicted molar refractivity (Wildman–Crippen MR) is 120 cm³/mol. The van der Waals surface area contributed by atoms with E-state index in [9.17, 15) is 0 Å². The standard InChI is InChI=1S/C19H34N6O2.HI/c1-7-20-17(22-14-10-19(4,27-6)18(14,2)3)21-13-8-9-16-23-15(12-26-5)24-25(16)11-13;/h13-14H,7-12H2,1-6H3,(H2,20,21,22);1H. The molecule has 0 radical (unpaired) electrons. The molecule has 2 heterocycles. The number of aliphatic imine (C=N–C) groups is 1. The van der Waals surface area contributed by atoms with Gasteiger partial charge in [0.1, 0.15) is 12.4 Å². The third-order valence-corrected chi connectivity index (χ3v) is 6.42. The first kappa shape index (κ1) is 23.3. The summed E-state index contributed by atoms with van der Waals surface area (Å²) in [5.41, 5.74) is -0.0567. The first-order valence-electron chi connectivity index (χ1n) is 9.87. The maximum absolute atomic E-state index is 5.74.